The molecule has 1 aliphatic heterocycles. The smallest absolute Gasteiger partial charge is 0.325 e. The zero-order valence-corrected chi connectivity index (χ0v) is 19.8. The van der Waals surface area contributed by atoms with Crippen molar-refractivity contribution in [2.75, 3.05) is 17.2 Å². The standard InChI is InChI=1S/C26H31N5O4/c1-18(19-10-12-21(13-11-19)29-24(34)28-20-8-4-2-5-9-20)27-22(32)14-17-31-23(33)26(30-25(31)35)15-6-3-7-16-26/h2,4-5,8-13,18H,3,6-7,14-17H2,1H3,(H,27,32)(H,30,35)(H2,28,29,34). The molecule has 1 heterocycles. The molecule has 1 saturated carbocycles. The highest BCUT2D eigenvalue weighted by atomic mass is 16.2. The molecule has 0 aromatic heterocycles. The lowest BCUT2D eigenvalue weighted by Crippen LogP contribution is -2.48. The molecule has 2 aromatic rings. The van der Waals surface area contributed by atoms with Gasteiger partial charge in [-0.15, -0.1) is 0 Å². The van der Waals surface area contributed by atoms with Crippen LogP contribution in [-0.4, -0.2) is 40.9 Å². The van der Waals surface area contributed by atoms with Crippen molar-refractivity contribution in [3.05, 3.63) is 60.2 Å². The van der Waals surface area contributed by atoms with Gasteiger partial charge in [0.15, 0.2) is 0 Å². The van der Waals surface area contributed by atoms with E-state index >= 15 is 0 Å². The third kappa shape index (κ3) is 5.79. The molecule has 9 heteroatoms. The summed E-state index contributed by atoms with van der Waals surface area (Å²) in [6.45, 7) is 1.91. The summed E-state index contributed by atoms with van der Waals surface area (Å²) in [4.78, 5) is 51.0. The summed E-state index contributed by atoms with van der Waals surface area (Å²) in [7, 11) is 0. The van der Waals surface area contributed by atoms with Crippen LogP contribution in [0.4, 0.5) is 21.0 Å². The zero-order valence-electron chi connectivity index (χ0n) is 19.8. The third-order valence-corrected chi connectivity index (χ3v) is 6.59. The molecule has 1 spiro atoms. The molecule has 4 N–H and O–H groups in total. The predicted molar refractivity (Wildman–Crippen MR) is 133 cm³/mol. The van der Waals surface area contributed by atoms with Gasteiger partial charge in [-0.05, 0) is 49.6 Å². The molecule has 184 valence electrons. The van der Waals surface area contributed by atoms with Crippen LogP contribution >= 0.6 is 0 Å². The van der Waals surface area contributed by atoms with Crippen LogP contribution < -0.4 is 21.3 Å². The second kappa shape index (κ2) is 10.6. The summed E-state index contributed by atoms with van der Waals surface area (Å²) in [6, 6.07) is 15.3. The summed E-state index contributed by atoms with van der Waals surface area (Å²) >= 11 is 0. The molecule has 2 fully saturated rings. The van der Waals surface area contributed by atoms with Gasteiger partial charge in [0.05, 0.1) is 6.04 Å². The number of para-hydroxylation sites is 1. The monoisotopic (exact) mass is 477 g/mol. The average Bonchev–Trinajstić information content (AvgIpc) is 3.07. The number of hydrogen-bond donors (Lipinski definition) is 4. The van der Waals surface area contributed by atoms with E-state index in [1.54, 1.807) is 24.3 Å². The quantitative estimate of drug-likeness (QED) is 0.448. The molecule has 2 aliphatic rings. The van der Waals surface area contributed by atoms with Crippen LogP contribution in [0.25, 0.3) is 0 Å². The molecule has 1 atom stereocenters. The predicted octanol–water partition coefficient (Wildman–Crippen LogP) is 4.15. The Kier molecular flexibility index (Phi) is 7.33. The lowest BCUT2D eigenvalue weighted by atomic mass is 9.82. The van der Waals surface area contributed by atoms with Crippen LogP contribution in [0, 0.1) is 0 Å². The first-order valence-corrected chi connectivity index (χ1v) is 12.0. The number of carbonyl (C=O) groups excluding carboxylic acids is 4. The van der Waals surface area contributed by atoms with Crippen LogP contribution in [0.5, 0.6) is 0 Å². The van der Waals surface area contributed by atoms with Gasteiger partial charge in [0, 0.05) is 24.3 Å². The Morgan fingerprint density at radius 1 is 0.943 bits per heavy atom. The number of anilines is 2. The van der Waals surface area contributed by atoms with Gasteiger partial charge < -0.3 is 21.3 Å². The molecule has 0 radical (unpaired) electrons. The highest BCUT2D eigenvalue weighted by Crippen LogP contribution is 2.33. The number of carbonyl (C=O) groups is 4. The molecule has 35 heavy (non-hydrogen) atoms. The lowest BCUT2D eigenvalue weighted by Gasteiger charge is -2.30. The normalized spacial score (nSPS) is 17.6. The number of imide groups is 1. The minimum atomic E-state index is -0.771. The minimum Gasteiger partial charge on any atom is -0.350 e. The fourth-order valence-electron chi connectivity index (χ4n) is 4.65. The van der Waals surface area contributed by atoms with E-state index in [0.29, 0.717) is 24.2 Å². The molecular weight excluding hydrogens is 446 g/mol. The Hall–Kier alpha value is -3.88. The Balaban J connectivity index is 1.24. The molecular formula is C26H31N5O4. The number of nitrogens with one attached hydrogen (secondary N) is 4. The maximum absolute atomic E-state index is 12.8. The van der Waals surface area contributed by atoms with E-state index in [2.05, 4.69) is 21.3 Å². The van der Waals surface area contributed by atoms with Crippen LogP contribution in [0.1, 0.15) is 57.1 Å². The highest BCUT2D eigenvalue weighted by Gasteiger charge is 2.51. The second-order valence-corrected chi connectivity index (χ2v) is 9.14. The molecule has 2 aromatic carbocycles. The van der Waals surface area contributed by atoms with Crippen molar-refractivity contribution in [2.45, 2.75) is 57.0 Å². The third-order valence-electron chi connectivity index (χ3n) is 6.59. The fraction of sp³-hybridized carbons (Fsp3) is 0.385. The molecule has 6 amide bonds. The maximum atomic E-state index is 12.8. The average molecular weight is 478 g/mol. The fourth-order valence-corrected chi connectivity index (χ4v) is 4.65. The van der Waals surface area contributed by atoms with Gasteiger partial charge >= 0.3 is 12.1 Å². The van der Waals surface area contributed by atoms with E-state index in [1.165, 1.54) is 4.90 Å². The van der Waals surface area contributed by atoms with Gasteiger partial charge in [-0.25, -0.2) is 9.59 Å². The van der Waals surface area contributed by atoms with Crippen molar-refractivity contribution >= 4 is 35.3 Å². The van der Waals surface area contributed by atoms with Gasteiger partial charge in [0.1, 0.15) is 5.54 Å². The van der Waals surface area contributed by atoms with Gasteiger partial charge in [-0.1, -0.05) is 49.6 Å². The number of urea groups is 2. The van der Waals surface area contributed by atoms with Crippen molar-refractivity contribution in [3.8, 4) is 0 Å². The van der Waals surface area contributed by atoms with Gasteiger partial charge in [-0.2, -0.15) is 0 Å². The Morgan fingerprint density at radius 3 is 2.23 bits per heavy atom. The van der Waals surface area contributed by atoms with Crippen molar-refractivity contribution in [2.24, 2.45) is 0 Å². The molecule has 1 unspecified atom stereocenters. The van der Waals surface area contributed by atoms with Crippen molar-refractivity contribution in [1.29, 1.82) is 0 Å². The van der Waals surface area contributed by atoms with Gasteiger partial charge in [0.25, 0.3) is 5.91 Å². The number of benzene rings is 2. The first-order valence-electron chi connectivity index (χ1n) is 12.0. The molecule has 1 aliphatic carbocycles. The Labute approximate surface area is 204 Å². The summed E-state index contributed by atoms with van der Waals surface area (Å²) in [5, 5.41) is 11.3. The van der Waals surface area contributed by atoms with Gasteiger partial charge in [0.2, 0.25) is 5.91 Å². The first kappa shape index (κ1) is 24.3. The number of nitrogens with zero attached hydrogens (tertiary/aromatic N) is 1. The Morgan fingerprint density at radius 2 is 1.57 bits per heavy atom. The Bertz CT molecular complexity index is 1080. The van der Waals surface area contributed by atoms with Crippen LogP contribution in [-0.2, 0) is 9.59 Å². The lowest BCUT2D eigenvalue weighted by molar-refractivity contribution is -0.132. The van der Waals surface area contributed by atoms with Crippen LogP contribution in [0.3, 0.4) is 0 Å². The summed E-state index contributed by atoms with van der Waals surface area (Å²) in [5.41, 5.74) is 1.41. The zero-order chi connectivity index (χ0) is 24.8. The molecule has 9 nitrogen and oxygen atoms in total. The molecule has 4 rings (SSSR count). The SMILES string of the molecule is CC(NC(=O)CCN1C(=O)NC2(CCCCC2)C1=O)c1ccc(NC(=O)Nc2ccccc2)cc1. The highest BCUT2D eigenvalue weighted by molar-refractivity contribution is 6.07. The van der Waals surface area contributed by atoms with E-state index in [4.69, 9.17) is 0 Å². The van der Waals surface area contributed by atoms with Crippen molar-refractivity contribution in [3.63, 3.8) is 0 Å². The van der Waals surface area contributed by atoms with Crippen molar-refractivity contribution in [1.82, 2.24) is 15.5 Å². The molecule has 0 bridgehead atoms. The van der Waals surface area contributed by atoms with Crippen LogP contribution in [0.15, 0.2) is 54.6 Å². The van der Waals surface area contributed by atoms with Crippen LogP contribution in [0.2, 0.25) is 0 Å². The second-order valence-electron chi connectivity index (χ2n) is 9.14. The maximum Gasteiger partial charge on any atom is 0.325 e. The van der Waals surface area contributed by atoms with E-state index in [0.717, 1.165) is 24.8 Å². The van der Waals surface area contributed by atoms with Crippen molar-refractivity contribution < 1.29 is 19.2 Å². The van der Waals surface area contributed by atoms with Gasteiger partial charge in [-0.3, -0.25) is 14.5 Å². The van der Waals surface area contributed by atoms with E-state index in [-0.39, 0.29) is 36.9 Å². The number of rotatable bonds is 7. The van der Waals surface area contributed by atoms with E-state index in [9.17, 15) is 19.2 Å². The minimum absolute atomic E-state index is 0.0406. The summed E-state index contributed by atoms with van der Waals surface area (Å²) in [6.07, 6.45) is 4.28. The largest absolute Gasteiger partial charge is 0.350 e. The topological polar surface area (TPSA) is 120 Å². The first-order chi connectivity index (χ1) is 16.9. The molecule has 1 saturated heterocycles. The van der Waals surface area contributed by atoms with E-state index < -0.39 is 11.6 Å². The van der Waals surface area contributed by atoms with E-state index in [1.807, 2.05) is 37.3 Å². The summed E-state index contributed by atoms with van der Waals surface area (Å²) < 4.78 is 0. The number of hydrogen-bond acceptors (Lipinski definition) is 4. The number of amides is 6. The summed E-state index contributed by atoms with van der Waals surface area (Å²) in [5.74, 6) is -0.449.